The average molecular weight is 119 g/mol. The van der Waals surface area contributed by atoms with Crippen molar-refractivity contribution >= 4 is 6.41 Å². The normalized spacial score (nSPS) is 7.25. The minimum absolute atomic E-state index is 0. The zero-order chi connectivity index (χ0) is 5.70. The second kappa shape index (κ2) is 6.43. The molecule has 0 aliphatic heterocycles. The lowest BCUT2D eigenvalue weighted by molar-refractivity contribution is -0.117. The van der Waals surface area contributed by atoms with Crippen molar-refractivity contribution < 1.29 is 10.3 Å². The molecule has 0 aromatic rings. The van der Waals surface area contributed by atoms with Crippen LogP contribution < -0.4 is 0 Å². The summed E-state index contributed by atoms with van der Waals surface area (Å²) in [6, 6.07) is 0. The van der Waals surface area contributed by atoms with Crippen molar-refractivity contribution in [2.45, 2.75) is 13.8 Å². The van der Waals surface area contributed by atoms with Crippen molar-refractivity contribution in [3.63, 3.8) is 0 Å². The van der Waals surface area contributed by atoms with Gasteiger partial charge in [0.05, 0.1) is 0 Å². The summed E-state index contributed by atoms with van der Waals surface area (Å²) in [5.74, 6) is 0. The van der Waals surface area contributed by atoms with Crippen LogP contribution in [0, 0.1) is 0 Å². The highest BCUT2D eigenvalue weighted by Gasteiger charge is 1.87. The Morgan fingerprint density at radius 1 is 1.38 bits per heavy atom. The van der Waals surface area contributed by atoms with Gasteiger partial charge in [-0.25, -0.2) is 0 Å². The molecule has 0 unspecified atom stereocenters. The van der Waals surface area contributed by atoms with Crippen LogP contribution in [0.25, 0.3) is 0 Å². The van der Waals surface area contributed by atoms with E-state index >= 15 is 0 Å². The Hall–Kier alpha value is -0.570. The molecule has 3 heteroatoms. The van der Waals surface area contributed by atoms with Gasteiger partial charge in [-0.15, -0.1) is 0 Å². The highest BCUT2D eigenvalue weighted by molar-refractivity contribution is 5.46. The van der Waals surface area contributed by atoms with Crippen LogP contribution >= 0.6 is 0 Å². The Labute approximate surface area is 49.6 Å². The molecule has 0 saturated heterocycles. The number of hydrogen-bond acceptors (Lipinski definition) is 1. The zero-order valence-corrected chi connectivity index (χ0v) is 5.35. The molecule has 2 N–H and O–H groups in total. The van der Waals surface area contributed by atoms with E-state index in [2.05, 4.69) is 0 Å². The van der Waals surface area contributed by atoms with E-state index in [1.54, 1.807) is 4.90 Å². The van der Waals surface area contributed by atoms with E-state index in [0.29, 0.717) is 0 Å². The first-order valence-electron chi connectivity index (χ1n) is 2.54. The molecule has 0 spiro atoms. The van der Waals surface area contributed by atoms with Crippen molar-refractivity contribution in [1.82, 2.24) is 4.90 Å². The standard InChI is InChI=1S/C5H11NO.H2O/c1-3-6(4-2)5-7;/h5H,3-4H2,1-2H3;1H2. The maximum absolute atomic E-state index is 9.89. The molecule has 8 heavy (non-hydrogen) atoms. The fraction of sp³-hybridized carbons (Fsp3) is 0.800. The van der Waals surface area contributed by atoms with Crippen LogP contribution in [0.5, 0.6) is 0 Å². The van der Waals surface area contributed by atoms with Gasteiger partial charge in [-0.2, -0.15) is 0 Å². The lowest BCUT2D eigenvalue weighted by Gasteiger charge is -2.08. The largest absolute Gasteiger partial charge is 0.412 e. The molecule has 50 valence electrons. The minimum atomic E-state index is 0. The predicted octanol–water partition coefficient (Wildman–Crippen LogP) is -0.340. The summed E-state index contributed by atoms with van der Waals surface area (Å²) >= 11 is 0. The second-order valence-electron chi connectivity index (χ2n) is 1.33. The fourth-order valence-corrected chi connectivity index (χ4v) is 0.373. The molecule has 0 fully saturated rings. The lowest BCUT2D eigenvalue weighted by Crippen LogP contribution is -2.19. The molecule has 0 aliphatic rings. The van der Waals surface area contributed by atoms with Gasteiger partial charge in [0.1, 0.15) is 0 Å². The number of nitrogens with zero attached hydrogens (tertiary/aromatic N) is 1. The van der Waals surface area contributed by atoms with Gasteiger partial charge in [-0.1, -0.05) is 0 Å². The van der Waals surface area contributed by atoms with Crippen molar-refractivity contribution in [3.05, 3.63) is 0 Å². The first-order valence-corrected chi connectivity index (χ1v) is 2.54. The molecule has 3 nitrogen and oxygen atoms in total. The van der Waals surface area contributed by atoms with Gasteiger partial charge in [0.15, 0.2) is 0 Å². The summed E-state index contributed by atoms with van der Waals surface area (Å²) in [6.07, 6.45) is 0.861. The summed E-state index contributed by atoms with van der Waals surface area (Å²) in [5, 5.41) is 0. The second-order valence-corrected chi connectivity index (χ2v) is 1.33. The van der Waals surface area contributed by atoms with E-state index in [4.69, 9.17) is 0 Å². The summed E-state index contributed by atoms with van der Waals surface area (Å²) in [5.41, 5.74) is 0. The molecule has 0 aliphatic carbocycles. The van der Waals surface area contributed by atoms with Crippen LogP contribution in [0.3, 0.4) is 0 Å². The van der Waals surface area contributed by atoms with Gasteiger partial charge in [0.25, 0.3) is 0 Å². The van der Waals surface area contributed by atoms with Crippen LogP contribution in [0.2, 0.25) is 0 Å². The number of amides is 1. The summed E-state index contributed by atoms with van der Waals surface area (Å²) in [7, 11) is 0. The maximum atomic E-state index is 9.89. The third-order valence-corrected chi connectivity index (χ3v) is 0.961. The number of rotatable bonds is 3. The van der Waals surface area contributed by atoms with Crippen LogP contribution in [-0.2, 0) is 4.79 Å². The maximum Gasteiger partial charge on any atom is 0.209 e. The zero-order valence-electron chi connectivity index (χ0n) is 5.35. The molecule has 0 heterocycles. The quantitative estimate of drug-likeness (QED) is 0.469. The van der Waals surface area contributed by atoms with Gasteiger partial charge in [-0.3, -0.25) is 4.79 Å². The van der Waals surface area contributed by atoms with E-state index in [0.717, 1.165) is 19.5 Å². The van der Waals surface area contributed by atoms with E-state index in [1.165, 1.54) is 0 Å². The van der Waals surface area contributed by atoms with E-state index in [-0.39, 0.29) is 5.48 Å². The third-order valence-electron chi connectivity index (χ3n) is 0.961. The molecule has 0 bridgehead atoms. The number of carbonyl (C=O) groups excluding carboxylic acids is 1. The Morgan fingerprint density at radius 2 is 1.75 bits per heavy atom. The number of carbonyl (C=O) groups is 1. The summed E-state index contributed by atoms with van der Waals surface area (Å²) in [6.45, 7) is 5.55. The molecule has 0 aromatic carbocycles. The molecule has 0 radical (unpaired) electrons. The van der Waals surface area contributed by atoms with Crippen molar-refractivity contribution in [2.75, 3.05) is 13.1 Å². The van der Waals surface area contributed by atoms with Crippen LogP contribution in [0.1, 0.15) is 13.8 Å². The number of hydrogen-bond donors (Lipinski definition) is 0. The first-order chi connectivity index (χ1) is 3.35. The van der Waals surface area contributed by atoms with Gasteiger partial charge >= 0.3 is 0 Å². The smallest absolute Gasteiger partial charge is 0.209 e. The van der Waals surface area contributed by atoms with Crippen molar-refractivity contribution in [3.8, 4) is 0 Å². The Kier molecular flexibility index (Phi) is 8.37. The first kappa shape index (κ1) is 10.4. The van der Waals surface area contributed by atoms with Crippen molar-refractivity contribution in [1.29, 1.82) is 0 Å². The summed E-state index contributed by atoms with van der Waals surface area (Å²) < 4.78 is 0. The third kappa shape index (κ3) is 3.61. The van der Waals surface area contributed by atoms with E-state index < -0.39 is 0 Å². The predicted molar refractivity (Wildman–Crippen MR) is 32.6 cm³/mol. The van der Waals surface area contributed by atoms with E-state index in [9.17, 15) is 4.79 Å². The molecular formula is C5H13NO2. The summed E-state index contributed by atoms with van der Waals surface area (Å²) in [4.78, 5) is 11.6. The van der Waals surface area contributed by atoms with Crippen molar-refractivity contribution in [2.24, 2.45) is 0 Å². The lowest BCUT2D eigenvalue weighted by atomic mass is 10.6. The van der Waals surface area contributed by atoms with Gasteiger partial charge in [0, 0.05) is 13.1 Å². The molecular weight excluding hydrogens is 106 g/mol. The monoisotopic (exact) mass is 119 g/mol. The van der Waals surface area contributed by atoms with Crippen LogP contribution in [0.4, 0.5) is 0 Å². The molecule has 0 atom stereocenters. The Bertz CT molecular complexity index is 52.4. The van der Waals surface area contributed by atoms with E-state index in [1.807, 2.05) is 13.8 Å². The average Bonchev–Trinajstić information content (AvgIpc) is 1.72. The topological polar surface area (TPSA) is 51.8 Å². The molecule has 0 aromatic heterocycles. The molecule has 0 rings (SSSR count). The van der Waals surface area contributed by atoms with Crippen LogP contribution in [0.15, 0.2) is 0 Å². The van der Waals surface area contributed by atoms with Gasteiger partial charge in [-0.05, 0) is 13.8 Å². The van der Waals surface area contributed by atoms with Gasteiger partial charge < -0.3 is 10.4 Å². The minimum Gasteiger partial charge on any atom is -0.412 e. The highest BCUT2D eigenvalue weighted by atomic mass is 16.1. The SMILES string of the molecule is CCN(C=O)CC.O. The van der Waals surface area contributed by atoms with Gasteiger partial charge in [0.2, 0.25) is 6.41 Å². The molecule has 1 amide bonds. The molecule has 0 saturated carbocycles. The Balaban J connectivity index is 0. The Morgan fingerprint density at radius 3 is 1.75 bits per heavy atom. The highest BCUT2D eigenvalue weighted by Crippen LogP contribution is 1.75. The van der Waals surface area contributed by atoms with Crippen LogP contribution in [-0.4, -0.2) is 29.9 Å². The fourth-order valence-electron chi connectivity index (χ4n) is 0.373.